The number of carboxylic acids is 1. The van der Waals surface area contributed by atoms with E-state index in [4.69, 9.17) is 10.5 Å². The fraction of sp³-hybridized carbons (Fsp3) is 0.357. The van der Waals surface area contributed by atoms with E-state index in [0.717, 1.165) is 11.3 Å². The number of hydrogen-bond acceptors (Lipinski definition) is 5. The third-order valence-electron chi connectivity index (χ3n) is 3.81. The van der Waals surface area contributed by atoms with Gasteiger partial charge in [-0.05, 0) is 24.1 Å². The van der Waals surface area contributed by atoms with Gasteiger partial charge in [0.1, 0.15) is 17.5 Å². The van der Waals surface area contributed by atoms with E-state index in [2.05, 4.69) is 10.1 Å². The predicted molar refractivity (Wildman–Crippen MR) is 75.2 cm³/mol. The van der Waals surface area contributed by atoms with Gasteiger partial charge in [0.05, 0.1) is 13.7 Å². The van der Waals surface area contributed by atoms with Crippen LogP contribution in [0.5, 0.6) is 5.75 Å². The number of fused-ring (bicyclic) bond motifs is 1. The van der Waals surface area contributed by atoms with E-state index in [1.807, 2.05) is 24.3 Å². The largest absolute Gasteiger partial charge is 0.497 e. The third kappa shape index (κ3) is 2.42. The number of hydrogen-bond donors (Lipinski definition) is 2. The lowest BCUT2D eigenvalue weighted by Gasteiger charge is -2.27. The number of nitrogens with zero attached hydrogens (tertiary/aromatic N) is 3. The van der Waals surface area contributed by atoms with Crippen LogP contribution in [0.25, 0.3) is 0 Å². The standard InChI is InChI=1S/C14H16N4O3/c1-21-10-4-2-3-8(5-10)9-6-11(13(19)20)12-16-14(15)17-18(12)7-9/h2-5,9,11H,6-7H2,1H3,(H2,15,17)(H,19,20). The van der Waals surface area contributed by atoms with E-state index in [1.54, 1.807) is 11.8 Å². The lowest BCUT2D eigenvalue weighted by atomic mass is 9.85. The highest BCUT2D eigenvalue weighted by Crippen LogP contribution is 2.36. The Hall–Kier alpha value is -2.57. The summed E-state index contributed by atoms with van der Waals surface area (Å²) in [6.45, 7) is 0.566. The minimum absolute atomic E-state index is 0.0369. The molecule has 0 spiro atoms. The van der Waals surface area contributed by atoms with Crippen molar-refractivity contribution in [3.63, 3.8) is 0 Å². The van der Waals surface area contributed by atoms with E-state index in [1.165, 1.54) is 0 Å². The highest BCUT2D eigenvalue weighted by atomic mass is 16.5. The van der Waals surface area contributed by atoms with E-state index in [-0.39, 0.29) is 11.9 Å². The molecule has 2 atom stereocenters. The molecule has 0 amide bonds. The first kappa shape index (κ1) is 13.4. The van der Waals surface area contributed by atoms with Gasteiger partial charge in [0.15, 0.2) is 0 Å². The quantitative estimate of drug-likeness (QED) is 0.880. The second kappa shape index (κ2) is 5.08. The lowest BCUT2D eigenvalue weighted by Crippen LogP contribution is -2.28. The SMILES string of the molecule is COc1cccc(C2CC(C(=O)O)c3nc(N)nn3C2)c1. The van der Waals surface area contributed by atoms with Crippen LogP contribution in [0.3, 0.4) is 0 Å². The van der Waals surface area contributed by atoms with Crippen molar-refractivity contribution in [1.82, 2.24) is 14.8 Å². The number of rotatable bonds is 3. The molecular formula is C14H16N4O3. The molecule has 0 saturated carbocycles. The summed E-state index contributed by atoms with van der Waals surface area (Å²) in [5.41, 5.74) is 6.62. The molecule has 7 nitrogen and oxygen atoms in total. The molecule has 2 aromatic rings. The van der Waals surface area contributed by atoms with Crippen molar-refractivity contribution in [1.29, 1.82) is 0 Å². The molecule has 0 fully saturated rings. The number of methoxy groups -OCH3 is 1. The first-order valence-corrected chi connectivity index (χ1v) is 6.65. The van der Waals surface area contributed by atoms with Crippen LogP contribution >= 0.6 is 0 Å². The van der Waals surface area contributed by atoms with Gasteiger partial charge in [-0.2, -0.15) is 4.98 Å². The second-order valence-electron chi connectivity index (χ2n) is 5.11. The fourth-order valence-electron chi connectivity index (χ4n) is 2.79. The second-order valence-corrected chi connectivity index (χ2v) is 5.11. The zero-order valence-electron chi connectivity index (χ0n) is 11.6. The average molecular weight is 288 g/mol. The molecule has 2 unspecified atom stereocenters. The Morgan fingerprint density at radius 3 is 3.05 bits per heavy atom. The summed E-state index contributed by atoms with van der Waals surface area (Å²) in [6.07, 6.45) is 0.473. The van der Waals surface area contributed by atoms with Gasteiger partial charge in [-0.1, -0.05) is 12.1 Å². The molecule has 3 rings (SSSR count). The maximum atomic E-state index is 11.5. The summed E-state index contributed by atoms with van der Waals surface area (Å²) in [5, 5.41) is 13.5. The number of benzene rings is 1. The Kier molecular flexibility index (Phi) is 3.25. The molecular weight excluding hydrogens is 272 g/mol. The Bertz CT molecular complexity index is 683. The van der Waals surface area contributed by atoms with Gasteiger partial charge in [0.2, 0.25) is 5.95 Å². The molecule has 0 radical (unpaired) electrons. The molecule has 1 aliphatic heterocycles. The fourth-order valence-corrected chi connectivity index (χ4v) is 2.79. The molecule has 110 valence electrons. The number of carboxylic acid groups (broad SMARTS) is 1. The normalized spacial score (nSPS) is 20.8. The molecule has 21 heavy (non-hydrogen) atoms. The highest BCUT2D eigenvalue weighted by molar-refractivity contribution is 5.75. The number of anilines is 1. The van der Waals surface area contributed by atoms with Crippen molar-refractivity contribution >= 4 is 11.9 Å². The van der Waals surface area contributed by atoms with Crippen molar-refractivity contribution in [3.8, 4) is 5.75 Å². The van der Waals surface area contributed by atoms with Gasteiger partial charge in [0, 0.05) is 5.92 Å². The molecule has 0 aliphatic carbocycles. The summed E-state index contributed by atoms with van der Waals surface area (Å²) in [6, 6.07) is 7.65. The molecule has 7 heteroatoms. The van der Waals surface area contributed by atoms with Crippen molar-refractivity contribution in [3.05, 3.63) is 35.7 Å². The van der Waals surface area contributed by atoms with Gasteiger partial charge in [-0.15, -0.1) is 5.10 Å². The van der Waals surface area contributed by atoms with Crippen LogP contribution in [0.2, 0.25) is 0 Å². The zero-order chi connectivity index (χ0) is 15.0. The van der Waals surface area contributed by atoms with Crippen molar-refractivity contribution in [2.45, 2.75) is 24.8 Å². The Morgan fingerprint density at radius 2 is 2.33 bits per heavy atom. The molecule has 1 aromatic carbocycles. The summed E-state index contributed by atoms with van der Waals surface area (Å²) >= 11 is 0. The molecule has 2 heterocycles. The van der Waals surface area contributed by atoms with Crippen LogP contribution in [0.1, 0.15) is 29.6 Å². The van der Waals surface area contributed by atoms with E-state index in [9.17, 15) is 9.90 Å². The van der Waals surface area contributed by atoms with Crippen LogP contribution in [0, 0.1) is 0 Å². The van der Waals surface area contributed by atoms with Crippen LogP contribution in [-0.4, -0.2) is 33.0 Å². The monoisotopic (exact) mass is 288 g/mol. The van der Waals surface area contributed by atoms with Gasteiger partial charge in [-0.25, -0.2) is 4.68 Å². The third-order valence-corrected chi connectivity index (χ3v) is 3.81. The zero-order valence-corrected chi connectivity index (χ0v) is 11.6. The molecule has 0 bridgehead atoms. The van der Waals surface area contributed by atoms with Gasteiger partial charge in [0.25, 0.3) is 0 Å². The van der Waals surface area contributed by atoms with E-state index < -0.39 is 11.9 Å². The maximum absolute atomic E-state index is 11.5. The number of nitrogen functional groups attached to an aromatic ring is 1. The van der Waals surface area contributed by atoms with Gasteiger partial charge in [-0.3, -0.25) is 4.79 Å². The highest BCUT2D eigenvalue weighted by Gasteiger charge is 2.35. The number of aromatic nitrogens is 3. The molecule has 3 N–H and O–H groups in total. The van der Waals surface area contributed by atoms with Crippen LogP contribution < -0.4 is 10.5 Å². The number of carbonyl (C=O) groups is 1. The van der Waals surface area contributed by atoms with Crippen LogP contribution in [0.15, 0.2) is 24.3 Å². The average Bonchev–Trinajstić information content (AvgIpc) is 2.86. The summed E-state index contributed by atoms with van der Waals surface area (Å²) < 4.78 is 6.82. The molecule has 1 aliphatic rings. The molecule has 0 saturated heterocycles. The van der Waals surface area contributed by atoms with E-state index in [0.29, 0.717) is 18.8 Å². The minimum atomic E-state index is -0.906. The van der Waals surface area contributed by atoms with Crippen LogP contribution in [0.4, 0.5) is 5.95 Å². The van der Waals surface area contributed by atoms with Crippen molar-refractivity contribution < 1.29 is 14.6 Å². The maximum Gasteiger partial charge on any atom is 0.314 e. The molecule has 1 aromatic heterocycles. The first-order valence-electron chi connectivity index (χ1n) is 6.65. The Morgan fingerprint density at radius 1 is 1.52 bits per heavy atom. The Labute approximate surface area is 121 Å². The minimum Gasteiger partial charge on any atom is -0.497 e. The smallest absolute Gasteiger partial charge is 0.314 e. The van der Waals surface area contributed by atoms with Gasteiger partial charge >= 0.3 is 5.97 Å². The number of aliphatic carboxylic acids is 1. The summed E-state index contributed by atoms with van der Waals surface area (Å²) in [4.78, 5) is 15.5. The summed E-state index contributed by atoms with van der Waals surface area (Å²) in [7, 11) is 1.61. The van der Waals surface area contributed by atoms with E-state index >= 15 is 0 Å². The first-order chi connectivity index (χ1) is 10.1. The van der Waals surface area contributed by atoms with Gasteiger partial charge < -0.3 is 15.6 Å². The summed E-state index contributed by atoms with van der Waals surface area (Å²) in [5.74, 6) is -0.268. The number of ether oxygens (including phenoxy) is 1. The van der Waals surface area contributed by atoms with Crippen molar-refractivity contribution in [2.75, 3.05) is 12.8 Å². The predicted octanol–water partition coefficient (Wildman–Crippen LogP) is 1.22. The number of nitrogens with two attached hydrogens (primary N) is 1. The van der Waals surface area contributed by atoms with Crippen molar-refractivity contribution in [2.24, 2.45) is 0 Å². The van der Waals surface area contributed by atoms with Crippen LogP contribution in [-0.2, 0) is 11.3 Å². The topological polar surface area (TPSA) is 103 Å². The lowest BCUT2D eigenvalue weighted by molar-refractivity contribution is -0.139. The Balaban J connectivity index is 1.97.